The number of nitrogens with one attached hydrogen (secondary N) is 1. The molecule has 0 radical (unpaired) electrons. The largest absolute Gasteiger partial charge is 0.497 e. The molecule has 0 saturated carbocycles. The van der Waals surface area contributed by atoms with E-state index in [-0.39, 0.29) is 0 Å². The molecular weight excluding hydrogens is 200 g/mol. The second-order valence-corrected chi connectivity index (χ2v) is 4.23. The van der Waals surface area contributed by atoms with Crippen LogP contribution < -0.4 is 10.1 Å². The first-order chi connectivity index (χ1) is 7.67. The molecule has 0 bridgehead atoms. The molecule has 0 aliphatic rings. The number of ether oxygens (including phenoxy) is 1. The van der Waals surface area contributed by atoms with Crippen LogP contribution in [0.5, 0.6) is 5.75 Å². The molecule has 1 aromatic rings. The van der Waals surface area contributed by atoms with E-state index in [4.69, 9.17) is 4.74 Å². The number of hydrogen-bond donors (Lipinski definition) is 1. The molecule has 0 saturated heterocycles. The molecule has 16 heavy (non-hydrogen) atoms. The Morgan fingerprint density at radius 1 is 1.38 bits per heavy atom. The van der Waals surface area contributed by atoms with Gasteiger partial charge in [-0.25, -0.2) is 0 Å². The Labute approximate surface area is 98.4 Å². The molecule has 0 heterocycles. The molecular formula is C13H22N2O. The first-order valence-electron chi connectivity index (χ1n) is 5.61. The highest BCUT2D eigenvalue weighted by molar-refractivity contribution is 5.29. The Morgan fingerprint density at radius 2 is 2.12 bits per heavy atom. The van der Waals surface area contributed by atoms with Gasteiger partial charge in [-0.05, 0) is 45.3 Å². The lowest BCUT2D eigenvalue weighted by Gasteiger charge is -2.24. The van der Waals surface area contributed by atoms with Crippen LogP contribution in [0.3, 0.4) is 0 Å². The maximum absolute atomic E-state index is 5.23. The normalized spacial score (nSPS) is 12.8. The van der Waals surface area contributed by atoms with Crippen LogP contribution in [0.25, 0.3) is 0 Å². The highest BCUT2D eigenvalue weighted by Crippen LogP contribution is 2.14. The molecule has 0 aliphatic heterocycles. The van der Waals surface area contributed by atoms with Crippen LogP contribution >= 0.6 is 0 Å². The fraction of sp³-hybridized carbons (Fsp3) is 0.538. The summed E-state index contributed by atoms with van der Waals surface area (Å²) in [4.78, 5) is 2.25. The van der Waals surface area contributed by atoms with Crippen molar-refractivity contribution in [3.8, 4) is 5.75 Å². The summed E-state index contributed by atoms with van der Waals surface area (Å²) in [6, 6.07) is 8.78. The molecule has 0 aliphatic carbocycles. The number of likely N-dealkylation sites (N-methyl/N-ethyl adjacent to an activating group) is 2. The second kappa shape index (κ2) is 6.51. The Balaban J connectivity index is 2.68. The lowest BCUT2D eigenvalue weighted by Crippen LogP contribution is -2.38. The van der Waals surface area contributed by atoms with E-state index >= 15 is 0 Å². The van der Waals surface area contributed by atoms with Gasteiger partial charge in [0.25, 0.3) is 0 Å². The van der Waals surface area contributed by atoms with Crippen LogP contribution in [-0.2, 0) is 6.42 Å². The third-order valence-corrected chi connectivity index (χ3v) is 2.78. The van der Waals surface area contributed by atoms with Gasteiger partial charge in [0.2, 0.25) is 0 Å². The third kappa shape index (κ3) is 3.83. The van der Waals surface area contributed by atoms with Crippen molar-refractivity contribution < 1.29 is 4.74 Å². The van der Waals surface area contributed by atoms with E-state index in [1.807, 2.05) is 19.2 Å². The summed E-state index contributed by atoms with van der Waals surface area (Å²) in [5.74, 6) is 0.930. The molecule has 1 N–H and O–H groups in total. The zero-order valence-electron chi connectivity index (χ0n) is 10.7. The maximum atomic E-state index is 5.23. The topological polar surface area (TPSA) is 24.5 Å². The molecule has 0 fully saturated rings. The summed E-state index contributed by atoms with van der Waals surface area (Å²) >= 11 is 0. The summed E-state index contributed by atoms with van der Waals surface area (Å²) in [5, 5.41) is 3.23. The molecule has 0 aromatic heterocycles. The number of methoxy groups -OCH3 is 1. The van der Waals surface area contributed by atoms with Crippen molar-refractivity contribution in [2.24, 2.45) is 0 Å². The average molecular weight is 222 g/mol. The van der Waals surface area contributed by atoms with E-state index in [0.29, 0.717) is 6.04 Å². The van der Waals surface area contributed by atoms with Gasteiger partial charge in [0.05, 0.1) is 7.11 Å². The standard InChI is InChI=1S/C13H22N2O/c1-14-10-12(15(2)3)8-11-6-5-7-13(9-11)16-4/h5-7,9,12,14H,8,10H2,1-4H3/t12-/m0/s1. The van der Waals surface area contributed by atoms with Gasteiger partial charge in [0.1, 0.15) is 5.75 Å². The predicted octanol–water partition coefficient (Wildman–Crippen LogP) is 1.39. The van der Waals surface area contributed by atoms with Crippen molar-refractivity contribution in [1.29, 1.82) is 0 Å². The molecule has 3 heteroatoms. The summed E-state index contributed by atoms with van der Waals surface area (Å²) in [7, 11) is 7.92. The number of rotatable bonds is 6. The Morgan fingerprint density at radius 3 is 2.69 bits per heavy atom. The molecule has 0 amide bonds. The van der Waals surface area contributed by atoms with Gasteiger partial charge in [0, 0.05) is 12.6 Å². The molecule has 3 nitrogen and oxygen atoms in total. The van der Waals surface area contributed by atoms with Gasteiger partial charge < -0.3 is 15.0 Å². The third-order valence-electron chi connectivity index (χ3n) is 2.78. The summed E-state index contributed by atoms with van der Waals surface area (Å²) in [5.41, 5.74) is 1.31. The van der Waals surface area contributed by atoms with E-state index < -0.39 is 0 Å². The number of benzene rings is 1. The van der Waals surface area contributed by atoms with Gasteiger partial charge in [0.15, 0.2) is 0 Å². The van der Waals surface area contributed by atoms with Crippen LogP contribution in [0.4, 0.5) is 0 Å². The van der Waals surface area contributed by atoms with Crippen LogP contribution in [0.1, 0.15) is 5.56 Å². The van der Waals surface area contributed by atoms with Crippen molar-refractivity contribution in [3.05, 3.63) is 29.8 Å². The Kier molecular flexibility index (Phi) is 5.29. The zero-order chi connectivity index (χ0) is 12.0. The summed E-state index contributed by atoms with van der Waals surface area (Å²) in [6.07, 6.45) is 1.03. The quantitative estimate of drug-likeness (QED) is 0.787. The minimum Gasteiger partial charge on any atom is -0.497 e. The SMILES string of the molecule is CNC[C@H](Cc1cccc(OC)c1)N(C)C. The molecule has 1 rings (SSSR count). The fourth-order valence-electron chi connectivity index (χ4n) is 1.74. The average Bonchev–Trinajstić information content (AvgIpc) is 2.28. The van der Waals surface area contributed by atoms with Crippen molar-refractivity contribution in [1.82, 2.24) is 10.2 Å². The van der Waals surface area contributed by atoms with Crippen LogP contribution in [0, 0.1) is 0 Å². The molecule has 1 atom stereocenters. The zero-order valence-corrected chi connectivity index (χ0v) is 10.7. The highest BCUT2D eigenvalue weighted by atomic mass is 16.5. The highest BCUT2D eigenvalue weighted by Gasteiger charge is 2.11. The lowest BCUT2D eigenvalue weighted by atomic mass is 10.0. The van der Waals surface area contributed by atoms with Crippen molar-refractivity contribution >= 4 is 0 Å². The van der Waals surface area contributed by atoms with E-state index in [2.05, 4.69) is 36.4 Å². The molecule has 1 aromatic carbocycles. The number of hydrogen-bond acceptors (Lipinski definition) is 3. The van der Waals surface area contributed by atoms with Crippen LogP contribution in [0.2, 0.25) is 0 Å². The van der Waals surface area contributed by atoms with E-state index in [0.717, 1.165) is 18.7 Å². The van der Waals surface area contributed by atoms with Gasteiger partial charge >= 0.3 is 0 Å². The molecule has 90 valence electrons. The first-order valence-corrected chi connectivity index (χ1v) is 5.61. The van der Waals surface area contributed by atoms with Gasteiger partial charge in [-0.15, -0.1) is 0 Å². The van der Waals surface area contributed by atoms with Crippen LogP contribution in [0.15, 0.2) is 24.3 Å². The van der Waals surface area contributed by atoms with Gasteiger partial charge in [-0.3, -0.25) is 0 Å². The van der Waals surface area contributed by atoms with Crippen LogP contribution in [-0.4, -0.2) is 45.7 Å². The lowest BCUT2D eigenvalue weighted by molar-refractivity contribution is 0.286. The monoisotopic (exact) mass is 222 g/mol. The summed E-state index contributed by atoms with van der Waals surface area (Å²) in [6.45, 7) is 0.990. The van der Waals surface area contributed by atoms with Crippen molar-refractivity contribution in [2.45, 2.75) is 12.5 Å². The smallest absolute Gasteiger partial charge is 0.119 e. The van der Waals surface area contributed by atoms with Crippen molar-refractivity contribution in [3.63, 3.8) is 0 Å². The Bertz CT molecular complexity index is 313. The van der Waals surface area contributed by atoms with E-state index in [9.17, 15) is 0 Å². The summed E-state index contributed by atoms with van der Waals surface area (Å²) < 4.78 is 5.23. The van der Waals surface area contributed by atoms with Crippen molar-refractivity contribution in [2.75, 3.05) is 34.8 Å². The molecule has 0 spiro atoms. The minimum absolute atomic E-state index is 0.511. The van der Waals surface area contributed by atoms with Gasteiger partial charge in [-0.1, -0.05) is 12.1 Å². The first kappa shape index (κ1) is 13.0. The fourth-order valence-corrected chi connectivity index (χ4v) is 1.74. The minimum atomic E-state index is 0.511. The molecule has 0 unspecified atom stereocenters. The van der Waals surface area contributed by atoms with E-state index in [1.54, 1.807) is 7.11 Å². The van der Waals surface area contributed by atoms with Gasteiger partial charge in [-0.2, -0.15) is 0 Å². The van der Waals surface area contributed by atoms with E-state index in [1.165, 1.54) is 5.56 Å². The predicted molar refractivity (Wildman–Crippen MR) is 68.1 cm³/mol. The maximum Gasteiger partial charge on any atom is 0.119 e. The second-order valence-electron chi connectivity index (χ2n) is 4.23. The Hall–Kier alpha value is -1.06. The number of nitrogens with zero attached hydrogens (tertiary/aromatic N) is 1.